The van der Waals surface area contributed by atoms with Gasteiger partial charge in [-0.05, 0) is 55.2 Å². The Labute approximate surface area is 335 Å². The molecule has 4 aromatic carbocycles. The van der Waals surface area contributed by atoms with Crippen LogP contribution >= 0.6 is 0 Å². The van der Waals surface area contributed by atoms with Crippen molar-refractivity contribution in [2.75, 3.05) is 0 Å². The first-order valence-electron chi connectivity index (χ1n) is 18.3. The van der Waals surface area contributed by atoms with E-state index in [2.05, 4.69) is 161 Å². The van der Waals surface area contributed by atoms with E-state index in [0.717, 1.165) is 23.5 Å². The molecule has 1 radical (unpaired) electrons. The maximum atomic E-state index is 13.2. The summed E-state index contributed by atoms with van der Waals surface area (Å²) in [6.07, 6.45) is 5.08. The average Bonchev–Trinajstić information content (AvgIpc) is 3.58. The van der Waals surface area contributed by atoms with E-state index in [1.54, 1.807) is 24.3 Å². The summed E-state index contributed by atoms with van der Waals surface area (Å²) in [6.45, 7) is 27.4. The van der Waals surface area contributed by atoms with Crippen molar-refractivity contribution in [2.24, 2.45) is 0 Å². The fourth-order valence-corrected chi connectivity index (χ4v) is 5.82. The topological polar surface area (TPSA) is 30.7 Å². The van der Waals surface area contributed by atoms with Gasteiger partial charge >= 0.3 is 0 Å². The molecule has 0 saturated heterocycles. The summed E-state index contributed by atoms with van der Waals surface area (Å²) in [6, 6.07) is 34.4. The van der Waals surface area contributed by atoms with Crippen molar-refractivity contribution in [1.29, 1.82) is 0 Å². The molecule has 0 atom stereocenters. The molecule has 0 aliphatic rings. The van der Waals surface area contributed by atoms with Crippen LogP contribution in [0.4, 0.5) is 8.78 Å². The summed E-state index contributed by atoms with van der Waals surface area (Å²) in [4.78, 5) is 3.67. The van der Waals surface area contributed by atoms with E-state index in [1.165, 1.54) is 38.9 Å². The van der Waals surface area contributed by atoms with Crippen molar-refractivity contribution in [3.8, 4) is 39.2 Å². The van der Waals surface area contributed by atoms with Gasteiger partial charge in [-0.1, -0.05) is 125 Å². The summed E-state index contributed by atoms with van der Waals surface area (Å²) in [5.41, 5.74) is 12.1. The van der Waals surface area contributed by atoms with E-state index in [0.29, 0.717) is 5.56 Å². The molecule has 0 N–H and O–H groups in total. The first kappa shape index (κ1) is 42.5. The molecule has 2 aromatic heterocycles. The van der Waals surface area contributed by atoms with Crippen molar-refractivity contribution < 1.29 is 28.9 Å². The number of pyridine rings is 1. The Morgan fingerprint density at radius 2 is 1.07 bits per heavy atom. The van der Waals surface area contributed by atoms with Gasteiger partial charge in [-0.3, -0.25) is 9.67 Å². The van der Waals surface area contributed by atoms with Crippen molar-refractivity contribution in [2.45, 2.75) is 105 Å². The number of rotatable bonds is 4. The second-order valence-electron chi connectivity index (χ2n) is 18.0. The number of hydrogen-bond donors (Lipinski definition) is 0. The van der Waals surface area contributed by atoms with Gasteiger partial charge in [0.15, 0.2) is 0 Å². The quantitative estimate of drug-likeness (QED) is 0.165. The fourth-order valence-electron chi connectivity index (χ4n) is 5.82. The first-order chi connectivity index (χ1) is 24.6. The standard InChI is InChI=1S/C37H47N2.C11H6F2N.Ir/c1-34(2,3)29-17-26(18-30(21-29)35(4,5)6)25-13-15-33(16-14-25)39-24-28(23-38-39)27-19-31(36(7,8)9)22-32(20-27)37(10,11)12;12-9-6-10(13)11(14-7-9)8-4-2-1-3-5-8;/h13-15,17-24H,1-12H3;1-4,6-7H;/q2*-1;. The molecule has 6 rings (SSSR count). The van der Waals surface area contributed by atoms with E-state index in [1.807, 2.05) is 10.9 Å². The Morgan fingerprint density at radius 1 is 0.556 bits per heavy atom. The van der Waals surface area contributed by atoms with Crippen LogP contribution in [0.3, 0.4) is 0 Å². The molecule has 3 nitrogen and oxygen atoms in total. The number of hydrogen-bond acceptors (Lipinski definition) is 2. The molecule has 54 heavy (non-hydrogen) atoms. The maximum Gasteiger partial charge on any atom is 0.142 e. The van der Waals surface area contributed by atoms with Crippen LogP contribution in [-0.4, -0.2) is 14.8 Å². The van der Waals surface area contributed by atoms with Gasteiger partial charge in [0.2, 0.25) is 0 Å². The van der Waals surface area contributed by atoms with Crippen LogP contribution in [0, 0.1) is 23.8 Å². The fraction of sp³-hybridized carbons (Fsp3) is 0.333. The molecular formula is C48H53F2IrN3-2. The summed E-state index contributed by atoms with van der Waals surface area (Å²) >= 11 is 0. The molecule has 0 aliphatic heterocycles. The molecule has 6 aromatic rings. The Kier molecular flexibility index (Phi) is 12.8. The monoisotopic (exact) mass is 902 g/mol. The van der Waals surface area contributed by atoms with Crippen LogP contribution in [0.15, 0.2) is 104 Å². The van der Waals surface area contributed by atoms with Crippen molar-refractivity contribution >= 4 is 0 Å². The summed E-state index contributed by atoms with van der Waals surface area (Å²) in [5.74, 6) is -1.35. The third-order valence-corrected chi connectivity index (χ3v) is 9.39. The minimum atomic E-state index is -0.679. The Bertz CT molecular complexity index is 2110. The molecule has 285 valence electrons. The first-order valence-corrected chi connectivity index (χ1v) is 18.3. The zero-order valence-electron chi connectivity index (χ0n) is 33.7. The molecule has 0 aliphatic carbocycles. The van der Waals surface area contributed by atoms with Crippen molar-refractivity contribution in [3.05, 3.63) is 150 Å². The number of benzene rings is 4. The van der Waals surface area contributed by atoms with Gasteiger partial charge in [0, 0.05) is 43.6 Å². The zero-order chi connectivity index (χ0) is 38.9. The van der Waals surface area contributed by atoms with Gasteiger partial charge in [-0.2, -0.15) is 23.3 Å². The smallest absolute Gasteiger partial charge is 0.142 e. The van der Waals surface area contributed by atoms with E-state index >= 15 is 0 Å². The summed E-state index contributed by atoms with van der Waals surface area (Å²) in [7, 11) is 0. The molecule has 0 fully saturated rings. The Morgan fingerprint density at radius 3 is 1.50 bits per heavy atom. The third kappa shape index (κ3) is 10.5. The van der Waals surface area contributed by atoms with Crippen molar-refractivity contribution in [1.82, 2.24) is 14.8 Å². The molecule has 0 saturated carbocycles. The van der Waals surface area contributed by atoms with Crippen LogP contribution < -0.4 is 0 Å². The van der Waals surface area contributed by atoms with E-state index in [9.17, 15) is 8.78 Å². The van der Waals surface area contributed by atoms with Gasteiger partial charge in [0.05, 0.1) is 12.4 Å². The predicted molar refractivity (Wildman–Crippen MR) is 216 cm³/mol. The normalized spacial score (nSPS) is 12.1. The second kappa shape index (κ2) is 16.2. The van der Waals surface area contributed by atoms with Crippen LogP contribution in [0.5, 0.6) is 0 Å². The van der Waals surface area contributed by atoms with Gasteiger partial charge in [0.25, 0.3) is 0 Å². The Hall–Kier alpha value is -4.25. The van der Waals surface area contributed by atoms with Crippen LogP contribution in [0.25, 0.3) is 39.2 Å². The largest absolute Gasteiger partial charge is 0.299 e. The molecule has 0 spiro atoms. The molecule has 0 amide bonds. The molecule has 2 heterocycles. The van der Waals surface area contributed by atoms with E-state index in [4.69, 9.17) is 5.10 Å². The second-order valence-corrected chi connectivity index (χ2v) is 18.0. The third-order valence-electron chi connectivity index (χ3n) is 9.39. The minimum Gasteiger partial charge on any atom is -0.299 e. The van der Waals surface area contributed by atoms with Crippen molar-refractivity contribution in [3.63, 3.8) is 0 Å². The molecular weight excluding hydrogens is 849 g/mol. The van der Waals surface area contributed by atoms with Gasteiger partial charge < -0.3 is 0 Å². The van der Waals surface area contributed by atoms with Gasteiger partial charge in [0.1, 0.15) is 11.6 Å². The molecule has 0 unspecified atom stereocenters. The SMILES string of the molecule is CC(C)(C)c1cc(-c2c[c-]c(-n3cc(-c4cc(C(C)(C)C)cc(C(C)(C)C)c4)cn3)cc2)cc(C(C)(C)C)c1.Fc1cnc(-c2[c-]cccc2)c(F)c1.[Ir]. The summed E-state index contributed by atoms with van der Waals surface area (Å²) in [5, 5.41) is 4.73. The van der Waals surface area contributed by atoms with Crippen LogP contribution in [-0.2, 0) is 41.8 Å². The van der Waals surface area contributed by atoms with E-state index in [-0.39, 0.29) is 47.5 Å². The minimum absolute atomic E-state index is 0. The van der Waals surface area contributed by atoms with E-state index < -0.39 is 11.6 Å². The number of aromatic nitrogens is 3. The maximum absolute atomic E-state index is 13.2. The molecule has 0 bridgehead atoms. The summed E-state index contributed by atoms with van der Waals surface area (Å²) < 4.78 is 27.7. The molecule has 6 heteroatoms. The predicted octanol–water partition coefficient (Wildman–Crippen LogP) is 13.0. The average molecular weight is 902 g/mol. The zero-order valence-corrected chi connectivity index (χ0v) is 36.1. The van der Waals surface area contributed by atoms with Gasteiger partial charge in [-0.25, -0.2) is 8.78 Å². The van der Waals surface area contributed by atoms with Gasteiger partial charge in [-0.15, -0.1) is 47.5 Å². The van der Waals surface area contributed by atoms with Crippen LogP contribution in [0.2, 0.25) is 0 Å². The number of halogens is 2. The number of nitrogens with zero attached hydrogens (tertiary/aromatic N) is 3. The van der Waals surface area contributed by atoms with Crippen LogP contribution in [0.1, 0.15) is 105 Å². The Balaban J connectivity index is 0.000000362.